The lowest BCUT2D eigenvalue weighted by atomic mass is 9.84. The normalized spacial score (nSPS) is 25.2. The number of nitrogens with zero attached hydrogens (tertiary/aromatic N) is 1. The largest absolute Gasteiger partial charge is 0.443 e. The van der Waals surface area contributed by atoms with Crippen LogP contribution in [0.4, 0.5) is 0 Å². The lowest BCUT2D eigenvalue weighted by molar-refractivity contribution is -0.116. The highest BCUT2D eigenvalue weighted by Crippen LogP contribution is 2.41. The van der Waals surface area contributed by atoms with Gasteiger partial charge in [-0.2, -0.15) is 0 Å². The number of carbonyl (C=O) groups is 1. The number of oxime groups is 1. The maximum atomic E-state index is 12.0. The van der Waals surface area contributed by atoms with Crippen molar-refractivity contribution in [3.8, 4) is 0 Å². The van der Waals surface area contributed by atoms with E-state index in [2.05, 4.69) is 5.16 Å². The molecule has 1 aromatic rings. The molecule has 0 bridgehead atoms. The van der Waals surface area contributed by atoms with Crippen LogP contribution in [0.1, 0.15) is 30.7 Å². The van der Waals surface area contributed by atoms with Crippen LogP contribution in [0.3, 0.4) is 0 Å². The van der Waals surface area contributed by atoms with Crippen LogP contribution in [0.15, 0.2) is 46.8 Å². The molecule has 1 aromatic carbocycles. The van der Waals surface area contributed by atoms with Crippen LogP contribution < -0.4 is 0 Å². The number of ketones is 1. The van der Waals surface area contributed by atoms with Crippen LogP contribution in [0.2, 0.25) is 0 Å². The number of carbonyl (C=O) groups excluding carboxylic acids is 1. The van der Waals surface area contributed by atoms with E-state index in [0.717, 1.165) is 18.4 Å². The van der Waals surface area contributed by atoms with Gasteiger partial charge in [0, 0.05) is 12.8 Å². The summed E-state index contributed by atoms with van der Waals surface area (Å²) in [4.78, 5) is 12.0. The zero-order valence-corrected chi connectivity index (χ0v) is 9.80. The molecule has 0 amide bonds. The summed E-state index contributed by atoms with van der Waals surface area (Å²) >= 11 is 0. The van der Waals surface area contributed by atoms with Crippen molar-refractivity contribution in [1.82, 2.24) is 0 Å². The lowest BCUT2D eigenvalue weighted by Gasteiger charge is -2.14. The molecule has 1 heterocycles. The van der Waals surface area contributed by atoms with E-state index in [1.54, 1.807) is 0 Å². The maximum Gasteiger partial charge on any atom is 0.242 e. The first-order chi connectivity index (χ1) is 8.81. The van der Waals surface area contributed by atoms with E-state index < -0.39 is 0 Å². The molecule has 4 heteroatoms. The lowest BCUT2D eigenvalue weighted by Crippen LogP contribution is -2.16. The van der Waals surface area contributed by atoms with Crippen molar-refractivity contribution >= 4 is 11.7 Å². The fraction of sp³-hybridized carbons (Fsp3) is 0.286. The molecule has 1 N–H and O–H groups in total. The van der Waals surface area contributed by atoms with Crippen LogP contribution >= 0.6 is 0 Å². The van der Waals surface area contributed by atoms with E-state index in [0.29, 0.717) is 17.8 Å². The zero-order chi connectivity index (χ0) is 12.5. The fourth-order valence-electron chi connectivity index (χ4n) is 2.60. The van der Waals surface area contributed by atoms with Gasteiger partial charge in [0.15, 0.2) is 5.78 Å². The van der Waals surface area contributed by atoms with Crippen molar-refractivity contribution in [3.63, 3.8) is 0 Å². The van der Waals surface area contributed by atoms with Gasteiger partial charge in [-0.05, 0) is 12.0 Å². The second kappa shape index (κ2) is 4.29. The minimum absolute atomic E-state index is 0.101. The summed E-state index contributed by atoms with van der Waals surface area (Å²) < 4.78 is 5.51. The standard InChI is InChI=1S/C14H13NO3/c16-10-7-4-8-11-13(10)12(14(15-17)18-11)9-5-2-1-3-6-9/h1-3,5-6,12,17H,4,7-8H2/b15-14+. The second-order valence-electron chi connectivity index (χ2n) is 4.50. The molecule has 1 aliphatic heterocycles. The van der Waals surface area contributed by atoms with Crippen LogP contribution in [-0.4, -0.2) is 16.9 Å². The van der Waals surface area contributed by atoms with Crippen LogP contribution in [0.5, 0.6) is 0 Å². The Labute approximate surface area is 105 Å². The SMILES string of the molecule is O=C1CCCC2=C1C(c1ccccc1)/C(=N\O)O2. The molecule has 1 atom stereocenters. The second-order valence-corrected chi connectivity index (χ2v) is 4.50. The highest BCUT2D eigenvalue weighted by atomic mass is 16.5. The minimum Gasteiger partial charge on any atom is -0.443 e. The molecular formula is C14H13NO3. The Morgan fingerprint density at radius 2 is 2.00 bits per heavy atom. The van der Waals surface area contributed by atoms with E-state index in [1.807, 2.05) is 30.3 Å². The zero-order valence-electron chi connectivity index (χ0n) is 9.80. The first-order valence-electron chi connectivity index (χ1n) is 6.02. The molecule has 0 spiro atoms. The molecule has 92 valence electrons. The molecule has 1 aliphatic carbocycles. The van der Waals surface area contributed by atoms with Crippen LogP contribution in [0.25, 0.3) is 0 Å². The van der Waals surface area contributed by atoms with Crippen LogP contribution in [0, 0.1) is 0 Å². The first kappa shape index (κ1) is 11.0. The smallest absolute Gasteiger partial charge is 0.242 e. The highest BCUT2D eigenvalue weighted by molar-refractivity contribution is 6.07. The number of ether oxygens (including phenoxy) is 1. The predicted molar refractivity (Wildman–Crippen MR) is 65.4 cm³/mol. The third-order valence-electron chi connectivity index (χ3n) is 3.40. The van der Waals surface area contributed by atoms with Gasteiger partial charge in [0.1, 0.15) is 5.76 Å². The van der Waals surface area contributed by atoms with E-state index >= 15 is 0 Å². The Hall–Kier alpha value is -2.10. The average molecular weight is 243 g/mol. The van der Waals surface area contributed by atoms with Crippen molar-refractivity contribution in [2.24, 2.45) is 5.16 Å². The van der Waals surface area contributed by atoms with Gasteiger partial charge in [-0.25, -0.2) is 0 Å². The molecule has 1 unspecified atom stereocenters. The van der Waals surface area contributed by atoms with Crippen molar-refractivity contribution < 1.29 is 14.7 Å². The Morgan fingerprint density at radius 1 is 1.22 bits per heavy atom. The molecule has 3 rings (SSSR count). The van der Waals surface area contributed by atoms with Gasteiger partial charge < -0.3 is 9.94 Å². The quantitative estimate of drug-likeness (QED) is 0.609. The molecule has 2 aliphatic rings. The summed E-state index contributed by atoms with van der Waals surface area (Å²) in [6.45, 7) is 0. The van der Waals surface area contributed by atoms with Gasteiger partial charge in [0.05, 0.1) is 11.5 Å². The summed E-state index contributed by atoms with van der Waals surface area (Å²) in [6.07, 6.45) is 2.09. The molecular weight excluding hydrogens is 230 g/mol. The molecule has 0 fully saturated rings. The number of rotatable bonds is 1. The van der Waals surface area contributed by atoms with Gasteiger partial charge in [0.2, 0.25) is 5.90 Å². The number of hydrogen-bond donors (Lipinski definition) is 1. The Kier molecular flexibility index (Phi) is 2.63. The van der Waals surface area contributed by atoms with Crippen molar-refractivity contribution in [2.75, 3.05) is 0 Å². The maximum absolute atomic E-state index is 12.0. The Bertz CT molecular complexity index is 545. The predicted octanol–water partition coefficient (Wildman–Crippen LogP) is 2.60. The van der Waals surface area contributed by atoms with Gasteiger partial charge in [0.25, 0.3) is 0 Å². The molecule has 0 radical (unpaired) electrons. The van der Waals surface area contributed by atoms with E-state index in [1.165, 1.54) is 0 Å². The molecule has 0 aromatic heterocycles. The van der Waals surface area contributed by atoms with Gasteiger partial charge in [-0.1, -0.05) is 35.5 Å². The summed E-state index contributed by atoms with van der Waals surface area (Å²) in [6, 6.07) is 9.54. The van der Waals surface area contributed by atoms with E-state index in [-0.39, 0.29) is 17.6 Å². The number of benzene rings is 1. The fourth-order valence-corrected chi connectivity index (χ4v) is 2.60. The van der Waals surface area contributed by atoms with Gasteiger partial charge >= 0.3 is 0 Å². The molecule has 0 saturated heterocycles. The van der Waals surface area contributed by atoms with E-state index in [4.69, 9.17) is 9.94 Å². The number of allylic oxidation sites excluding steroid dienone is 1. The minimum atomic E-state index is -0.348. The van der Waals surface area contributed by atoms with Crippen molar-refractivity contribution in [2.45, 2.75) is 25.2 Å². The van der Waals surface area contributed by atoms with Crippen molar-refractivity contribution in [3.05, 3.63) is 47.2 Å². The molecule has 18 heavy (non-hydrogen) atoms. The van der Waals surface area contributed by atoms with Crippen LogP contribution in [-0.2, 0) is 9.53 Å². The summed E-state index contributed by atoms with van der Waals surface area (Å²) in [5.74, 6) is 0.636. The highest BCUT2D eigenvalue weighted by Gasteiger charge is 2.40. The third kappa shape index (κ3) is 1.61. The topological polar surface area (TPSA) is 58.9 Å². The first-order valence-corrected chi connectivity index (χ1v) is 6.02. The summed E-state index contributed by atoms with van der Waals surface area (Å²) in [5, 5.41) is 12.3. The molecule has 4 nitrogen and oxygen atoms in total. The van der Waals surface area contributed by atoms with E-state index in [9.17, 15) is 4.79 Å². The van der Waals surface area contributed by atoms with Crippen molar-refractivity contribution in [1.29, 1.82) is 0 Å². The summed E-state index contributed by atoms with van der Waals surface area (Å²) in [7, 11) is 0. The number of hydrogen-bond acceptors (Lipinski definition) is 4. The average Bonchev–Trinajstić information content (AvgIpc) is 2.79. The monoisotopic (exact) mass is 243 g/mol. The number of Topliss-reactive ketones (excluding diaryl/α,β-unsaturated/α-hetero) is 1. The molecule has 0 saturated carbocycles. The van der Waals surface area contributed by atoms with Gasteiger partial charge in [-0.3, -0.25) is 4.79 Å². The Morgan fingerprint density at radius 3 is 2.72 bits per heavy atom. The van der Waals surface area contributed by atoms with Gasteiger partial charge in [-0.15, -0.1) is 0 Å². The Balaban J connectivity index is 2.10. The summed E-state index contributed by atoms with van der Waals surface area (Å²) in [5.41, 5.74) is 1.59. The third-order valence-corrected chi connectivity index (χ3v) is 3.40.